The van der Waals surface area contributed by atoms with Gasteiger partial charge in [-0.1, -0.05) is 65.5 Å². The highest BCUT2D eigenvalue weighted by molar-refractivity contribution is 7.92. The summed E-state index contributed by atoms with van der Waals surface area (Å²) in [5.41, 5.74) is 2.31. The lowest BCUT2D eigenvalue weighted by Crippen LogP contribution is -2.52. The Morgan fingerprint density at radius 2 is 1.51 bits per heavy atom. The van der Waals surface area contributed by atoms with Crippen LogP contribution >= 0.6 is 34.8 Å². The first-order chi connectivity index (χ1) is 19.2. The van der Waals surface area contributed by atoms with Crippen molar-refractivity contribution in [2.24, 2.45) is 0 Å². The molecule has 11 heteroatoms. The average Bonchev–Trinajstić information content (AvgIpc) is 2.91. The van der Waals surface area contributed by atoms with Crippen molar-refractivity contribution in [2.75, 3.05) is 10.8 Å². The van der Waals surface area contributed by atoms with E-state index in [1.54, 1.807) is 62.4 Å². The maximum atomic E-state index is 14.1. The third-order valence-electron chi connectivity index (χ3n) is 6.84. The van der Waals surface area contributed by atoms with Gasteiger partial charge in [0.1, 0.15) is 12.6 Å². The number of aryl methyl sites for hydroxylation is 2. The Labute approximate surface area is 257 Å². The molecule has 0 aliphatic rings. The zero-order chi connectivity index (χ0) is 30.5. The topological polar surface area (TPSA) is 86.8 Å². The van der Waals surface area contributed by atoms with Crippen LogP contribution in [0.3, 0.4) is 0 Å². The van der Waals surface area contributed by atoms with E-state index < -0.39 is 28.5 Å². The maximum Gasteiger partial charge on any atom is 0.264 e. The first-order valence-corrected chi connectivity index (χ1v) is 15.7. The Balaban J connectivity index is 2.08. The summed E-state index contributed by atoms with van der Waals surface area (Å²) in [7, 11) is -4.19. The molecular formula is C30H34Cl3N3O4S. The third-order valence-corrected chi connectivity index (χ3v) is 9.44. The smallest absolute Gasteiger partial charge is 0.264 e. The average molecular weight is 639 g/mol. The molecule has 41 heavy (non-hydrogen) atoms. The summed E-state index contributed by atoms with van der Waals surface area (Å²) in [6.07, 6.45) is 0.702. The van der Waals surface area contributed by atoms with Crippen LogP contribution < -0.4 is 9.62 Å². The summed E-state index contributed by atoms with van der Waals surface area (Å²) in [6.45, 7) is 8.38. The van der Waals surface area contributed by atoms with E-state index in [-0.39, 0.29) is 23.4 Å². The quantitative estimate of drug-likeness (QED) is 0.251. The fraction of sp³-hybridized carbons (Fsp3) is 0.333. The van der Waals surface area contributed by atoms with Crippen molar-refractivity contribution in [1.82, 2.24) is 10.2 Å². The van der Waals surface area contributed by atoms with E-state index in [0.29, 0.717) is 38.3 Å². The van der Waals surface area contributed by atoms with Gasteiger partial charge in [-0.15, -0.1) is 0 Å². The molecule has 0 saturated heterocycles. The van der Waals surface area contributed by atoms with Crippen LogP contribution in [-0.4, -0.2) is 43.8 Å². The van der Waals surface area contributed by atoms with Crippen molar-refractivity contribution in [1.29, 1.82) is 0 Å². The number of hydrogen-bond donors (Lipinski definition) is 1. The molecule has 0 aliphatic heterocycles. The van der Waals surface area contributed by atoms with Gasteiger partial charge in [-0.2, -0.15) is 0 Å². The molecule has 0 unspecified atom stereocenters. The third kappa shape index (κ3) is 8.16. The first kappa shape index (κ1) is 32.7. The van der Waals surface area contributed by atoms with Crippen LogP contribution in [-0.2, 0) is 26.2 Å². The molecule has 0 aromatic heterocycles. The van der Waals surface area contributed by atoms with Crippen LogP contribution in [0.25, 0.3) is 0 Å². The monoisotopic (exact) mass is 637 g/mol. The summed E-state index contributed by atoms with van der Waals surface area (Å²) in [5.74, 6) is -0.957. The molecule has 0 saturated carbocycles. The summed E-state index contributed by atoms with van der Waals surface area (Å²) in [6, 6.07) is 15.0. The number of nitrogens with zero attached hydrogens (tertiary/aromatic N) is 2. The molecule has 3 rings (SSSR count). The minimum absolute atomic E-state index is 0.0279. The number of anilines is 1. The highest BCUT2D eigenvalue weighted by Gasteiger charge is 2.33. The van der Waals surface area contributed by atoms with Gasteiger partial charge in [0.25, 0.3) is 10.0 Å². The number of sulfonamides is 1. The number of hydrogen-bond acceptors (Lipinski definition) is 4. The largest absolute Gasteiger partial charge is 0.352 e. The van der Waals surface area contributed by atoms with E-state index in [1.165, 1.54) is 17.0 Å². The van der Waals surface area contributed by atoms with Crippen molar-refractivity contribution in [3.63, 3.8) is 0 Å². The molecule has 3 aromatic rings. The molecule has 0 fully saturated rings. The van der Waals surface area contributed by atoms with Crippen molar-refractivity contribution < 1.29 is 18.0 Å². The minimum atomic E-state index is -4.19. The lowest BCUT2D eigenvalue weighted by atomic mass is 10.1. The van der Waals surface area contributed by atoms with E-state index in [9.17, 15) is 18.0 Å². The molecule has 2 atom stereocenters. The molecule has 7 nitrogen and oxygen atoms in total. The highest BCUT2D eigenvalue weighted by atomic mass is 35.5. The standard InChI is InChI=1S/C30H34Cl3N3O4S/c1-6-21(4)34-30(38)22(5)35(17-23-9-10-25(32)16-27(23)33)29(37)18-36(28-14-11-24(31)15-20(28)3)41(39,40)26-12-7-19(2)8-13-26/h7-16,21-22H,6,17-18H2,1-5H3,(H,34,38)/t21-,22+/m0/s1. The first-order valence-electron chi connectivity index (χ1n) is 13.1. The molecule has 0 bridgehead atoms. The Morgan fingerprint density at radius 3 is 2.10 bits per heavy atom. The number of carbonyl (C=O) groups excluding carboxylic acids is 2. The normalized spacial score (nSPS) is 12.9. The van der Waals surface area contributed by atoms with E-state index in [0.717, 1.165) is 9.87 Å². The predicted octanol–water partition coefficient (Wildman–Crippen LogP) is 6.79. The predicted molar refractivity (Wildman–Crippen MR) is 166 cm³/mol. The second kappa shape index (κ2) is 13.9. The van der Waals surface area contributed by atoms with Gasteiger partial charge in [0.2, 0.25) is 11.8 Å². The lowest BCUT2D eigenvalue weighted by Gasteiger charge is -2.33. The van der Waals surface area contributed by atoms with Crippen LogP contribution in [0.2, 0.25) is 15.1 Å². The number of halogens is 3. The number of amides is 2. The summed E-state index contributed by atoms with van der Waals surface area (Å²) >= 11 is 18.7. The van der Waals surface area contributed by atoms with Gasteiger partial charge in [-0.3, -0.25) is 13.9 Å². The highest BCUT2D eigenvalue weighted by Crippen LogP contribution is 2.30. The Morgan fingerprint density at radius 1 is 0.902 bits per heavy atom. The van der Waals surface area contributed by atoms with Crippen molar-refractivity contribution in [2.45, 2.75) is 64.6 Å². The van der Waals surface area contributed by atoms with Gasteiger partial charge >= 0.3 is 0 Å². The maximum absolute atomic E-state index is 14.1. The Bertz CT molecular complexity index is 1510. The molecule has 2 amide bonds. The van der Waals surface area contributed by atoms with Gasteiger partial charge in [-0.25, -0.2) is 8.42 Å². The molecule has 0 aliphatic carbocycles. The number of carbonyl (C=O) groups is 2. The van der Waals surface area contributed by atoms with Crippen LogP contribution in [0.5, 0.6) is 0 Å². The van der Waals surface area contributed by atoms with Crippen LogP contribution in [0.4, 0.5) is 5.69 Å². The van der Waals surface area contributed by atoms with Crippen molar-refractivity contribution in [3.05, 3.63) is 92.4 Å². The zero-order valence-electron chi connectivity index (χ0n) is 23.6. The fourth-order valence-electron chi connectivity index (χ4n) is 4.13. The van der Waals surface area contributed by atoms with Crippen LogP contribution in [0.15, 0.2) is 65.6 Å². The van der Waals surface area contributed by atoms with Gasteiger partial charge in [0.15, 0.2) is 0 Å². The number of rotatable bonds is 11. The molecule has 1 N–H and O–H groups in total. The number of nitrogens with one attached hydrogen (secondary N) is 1. The number of benzene rings is 3. The minimum Gasteiger partial charge on any atom is -0.352 e. The molecule has 3 aromatic carbocycles. The van der Waals surface area contributed by atoms with Crippen molar-refractivity contribution >= 4 is 62.3 Å². The van der Waals surface area contributed by atoms with Gasteiger partial charge in [0.05, 0.1) is 10.6 Å². The van der Waals surface area contributed by atoms with E-state index >= 15 is 0 Å². The van der Waals surface area contributed by atoms with E-state index in [2.05, 4.69) is 5.32 Å². The van der Waals surface area contributed by atoms with Crippen LogP contribution in [0, 0.1) is 13.8 Å². The second-order valence-electron chi connectivity index (χ2n) is 10.0. The SMILES string of the molecule is CC[C@H](C)NC(=O)[C@@H](C)N(Cc1ccc(Cl)cc1Cl)C(=O)CN(c1ccc(Cl)cc1C)S(=O)(=O)c1ccc(C)cc1. The molecular weight excluding hydrogens is 605 g/mol. The molecule has 0 spiro atoms. The Kier molecular flexibility index (Phi) is 11.1. The summed E-state index contributed by atoms with van der Waals surface area (Å²) in [5, 5.41) is 4.08. The molecule has 0 radical (unpaired) electrons. The lowest BCUT2D eigenvalue weighted by molar-refractivity contribution is -0.139. The van der Waals surface area contributed by atoms with E-state index in [1.807, 2.05) is 20.8 Å². The summed E-state index contributed by atoms with van der Waals surface area (Å²) < 4.78 is 29.0. The molecule has 220 valence electrons. The summed E-state index contributed by atoms with van der Waals surface area (Å²) in [4.78, 5) is 28.6. The zero-order valence-corrected chi connectivity index (χ0v) is 26.7. The van der Waals surface area contributed by atoms with Crippen molar-refractivity contribution in [3.8, 4) is 0 Å². The second-order valence-corrected chi connectivity index (χ2v) is 13.1. The van der Waals surface area contributed by atoms with E-state index in [4.69, 9.17) is 34.8 Å². The van der Waals surface area contributed by atoms with Crippen LogP contribution in [0.1, 0.15) is 43.9 Å². The fourth-order valence-corrected chi connectivity index (χ4v) is 6.30. The van der Waals surface area contributed by atoms with Gasteiger partial charge < -0.3 is 10.2 Å². The van der Waals surface area contributed by atoms with Gasteiger partial charge in [-0.05, 0) is 87.7 Å². The Hall–Kier alpha value is -2.78. The van der Waals surface area contributed by atoms with Gasteiger partial charge in [0, 0.05) is 27.7 Å². The molecule has 0 heterocycles.